The van der Waals surface area contributed by atoms with Crippen molar-refractivity contribution in [3.8, 4) is 16.2 Å². The maximum absolute atomic E-state index is 14.1. The van der Waals surface area contributed by atoms with Gasteiger partial charge in [0, 0.05) is 35.9 Å². The molecule has 3 aromatic rings. The van der Waals surface area contributed by atoms with Crippen molar-refractivity contribution in [2.45, 2.75) is 26.4 Å². The summed E-state index contributed by atoms with van der Waals surface area (Å²) in [5.41, 5.74) is 12.0. The molecule has 7 nitrogen and oxygen atoms in total. The van der Waals surface area contributed by atoms with Crippen LogP contribution in [-0.2, 0) is 6.42 Å². The van der Waals surface area contributed by atoms with Crippen LogP contribution >= 0.6 is 11.3 Å². The van der Waals surface area contributed by atoms with Crippen molar-refractivity contribution in [2.75, 3.05) is 12.3 Å². The lowest BCUT2D eigenvalue weighted by atomic mass is 9.97. The molecule has 0 spiro atoms. The van der Waals surface area contributed by atoms with Crippen LogP contribution in [0, 0.1) is 5.82 Å². The van der Waals surface area contributed by atoms with Gasteiger partial charge in [-0.1, -0.05) is 6.07 Å². The second-order valence-electron chi connectivity index (χ2n) is 6.80. The molecule has 0 saturated heterocycles. The number of hydrogen-bond donors (Lipinski definition) is 2. The lowest BCUT2D eigenvalue weighted by Gasteiger charge is -2.21. The van der Waals surface area contributed by atoms with Crippen molar-refractivity contribution in [3.05, 3.63) is 58.6 Å². The Labute approximate surface area is 177 Å². The maximum Gasteiger partial charge on any atom is 0.166 e. The zero-order valence-electron chi connectivity index (χ0n) is 16.6. The van der Waals surface area contributed by atoms with Crippen LogP contribution < -0.4 is 16.3 Å². The van der Waals surface area contributed by atoms with E-state index in [9.17, 15) is 4.39 Å². The van der Waals surface area contributed by atoms with Crippen LogP contribution in [0.4, 0.5) is 10.2 Å². The Balaban J connectivity index is 1.98. The fourth-order valence-electron chi connectivity index (χ4n) is 3.48. The lowest BCUT2D eigenvalue weighted by molar-refractivity contribution is 0.227. The molecule has 3 heterocycles. The number of nitrogens with zero attached hydrogens (tertiary/aromatic N) is 4. The van der Waals surface area contributed by atoms with Crippen LogP contribution in [0.3, 0.4) is 0 Å². The van der Waals surface area contributed by atoms with Crippen molar-refractivity contribution in [2.24, 2.45) is 15.9 Å². The minimum absolute atomic E-state index is 0.237. The molecule has 2 aromatic heterocycles. The van der Waals surface area contributed by atoms with Gasteiger partial charge in [-0.2, -0.15) is 5.10 Å². The number of benzene rings is 1. The van der Waals surface area contributed by atoms with E-state index in [1.165, 1.54) is 23.5 Å². The van der Waals surface area contributed by atoms with E-state index >= 15 is 0 Å². The van der Waals surface area contributed by atoms with Gasteiger partial charge < -0.3 is 16.3 Å². The predicted molar refractivity (Wildman–Crippen MR) is 118 cm³/mol. The third-order valence-electron chi connectivity index (χ3n) is 4.88. The molecular weight excluding hydrogens is 403 g/mol. The smallest absolute Gasteiger partial charge is 0.166 e. The number of hydrazone groups is 1. The third kappa shape index (κ3) is 3.63. The van der Waals surface area contributed by atoms with E-state index in [0.29, 0.717) is 41.3 Å². The van der Waals surface area contributed by atoms with E-state index in [2.05, 4.69) is 20.1 Å². The Bertz CT molecular complexity index is 1160. The molecule has 0 radical (unpaired) electrons. The van der Waals surface area contributed by atoms with Gasteiger partial charge in [-0.05, 0) is 32.0 Å². The Kier molecular flexibility index (Phi) is 5.45. The molecule has 0 fully saturated rings. The van der Waals surface area contributed by atoms with Crippen LogP contribution in [0.25, 0.3) is 10.4 Å². The number of aliphatic imine (C=N–C) groups is 1. The number of hydrogen-bond acceptors (Lipinski definition) is 8. The predicted octanol–water partition coefficient (Wildman–Crippen LogP) is 3.75. The molecule has 0 amide bonds. The Morgan fingerprint density at radius 2 is 2.13 bits per heavy atom. The number of ether oxygens (including phenoxy) is 1. The summed E-state index contributed by atoms with van der Waals surface area (Å²) in [6.07, 6.45) is 1.52. The standard InChI is InChI=1S/C21H21FN6OS/c1-3-25-19-12-6-18(21(23)26-9-12)29-11(2)15-7-13(22)4-5-14(15)20-17(27-10-30-20)8-16(19)28-24/h4-7,9-11H,3,8,24H2,1-2H3,(H2,23,26)/t11-/m1/s1. The zero-order valence-corrected chi connectivity index (χ0v) is 17.4. The van der Waals surface area contributed by atoms with Gasteiger partial charge in [0.05, 0.1) is 27.5 Å². The fourth-order valence-corrected chi connectivity index (χ4v) is 4.34. The average Bonchev–Trinajstić information content (AvgIpc) is 3.19. The van der Waals surface area contributed by atoms with Gasteiger partial charge in [0.1, 0.15) is 11.9 Å². The lowest BCUT2D eigenvalue weighted by Crippen LogP contribution is -2.22. The summed E-state index contributed by atoms with van der Waals surface area (Å²) in [4.78, 5) is 14.3. The largest absolute Gasteiger partial charge is 0.482 e. The quantitative estimate of drug-likeness (QED) is 0.456. The molecule has 0 unspecified atom stereocenters. The second-order valence-corrected chi connectivity index (χ2v) is 7.66. The van der Waals surface area contributed by atoms with Crippen LogP contribution in [0.15, 0.2) is 46.1 Å². The van der Waals surface area contributed by atoms with Crippen molar-refractivity contribution >= 4 is 28.6 Å². The molecule has 30 heavy (non-hydrogen) atoms. The fraction of sp³-hybridized carbons (Fsp3) is 0.238. The Morgan fingerprint density at radius 1 is 1.30 bits per heavy atom. The highest BCUT2D eigenvalue weighted by molar-refractivity contribution is 7.13. The molecule has 4 rings (SSSR count). The highest BCUT2D eigenvalue weighted by Gasteiger charge is 2.24. The number of rotatable bonds is 1. The number of fused-ring (bicyclic) bond motifs is 5. The second kappa shape index (κ2) is 8.19. The first-order valence-corrected chi connectivity index (χ1v) is 10.4. The topological polar surface area (TPSA) is 112 Å². The van der Waals surface area contributed by atoms with E-state index in [1.54, 1.807) is 23.8 Å². The molecule has 1 aliphatic heterocycles. The van der Waals surface area contributed by atoms with E-state index < -0.39 is 6.10 Å². The maximum atomic E-state index is 14.1. The van der Waals surface area contributed by atoms with Crippen molar-refractivity contribution < 1.29 is 9.13 Å². The molecule has 1 atom stereocenters. The van der Waals surface area contributed by atoms with E-state index in [1.807, 2.05) is 13.8 Å². The van der Waals surface area contributed by atoms with E-state index in [4.69, 9.17) is 16.3 Å². The summed E-state index contributed by atoms with van der Waals surface area (Å²) >= 11 is 1.47. The van der Waals surface area contributed by atoms with Crippen LogP contribution in [0.2, 0.25) is 0 Å². The summed E-state index contributed by atoms with van der Waals surface area (Å²) in [5, 5.41) is 4.01. The summed E-state index contributed by atoms with van der Waals surface area (Å²) in [6, 6.07) is 6.41. The first kappa shape index (κ1) is 20.0. The molecule has 1 aliphatic rings. The minimum Gasteiger partial charge on any atom is -0.482 e. The van der Waals surface area contributed by atoms with Crippen molar-refractivity contribution in [3.63, 3.8) is 0 Å². The Hall–Kier alpha value is -3.33. The van der Waals surface area contributed by atoms with Gasteiger partial charge in [-0.15, -0.1) is 11.3 Å². The van der Waals surface area contributed by atoms with Gasteiger partial charge >= 0.3 is 0 Å². The Morgan fingerprint density at radius 3 is 2.90 bits per heavy atom. The van der Waals surface area contributed by atoms with E-state index in [-0.39, 0.29) is 11.6 Å². The summed E-state index contributed by atoms with van der Waals surface area (Å²) in [6.45, 7) is 4.32. The normalized spacial score (nSPS) is 18.8. The van der Waals surface area contributed by atoms with Gasteiger partial charge in [0.2, 0.25) is 0 Å². The average molecular weight is 425 g/mol. The van der Waals surface area contributed by atoms with Crippen LogP contribution in [0.1, 0.15) is 36.8 Å². The molecule has 4 N–H and O–H groups in total. The van der Waals surface area contributed by atoms with Gasteiger partial charge in [-0.25, -0.2) is 14.4 Å². The van der Waals surface area contributed by atoms with Gasteiger partial charge in [0.15, 0.2) is 11.6 Å². The van der Waals surface area contributed by atoms with Crippen LogP contribution in [-0.4, -0.2) is 27.9 Å². The monoisotopic (exact) mass is 424 g/mol. The molecule has 1 aromatic carbocycles. The molecule has 9 heteroatoms. The number of nitrogens with two attached hydrogens (primary N) is 2. The van der Waals surface area contributed by atoms with Gasteiger partial charge in [-0.3, -0.25) is 4.99 Å². The van der Waals surface area contributed by atoms with Crippen molar-refractivity contribution in [1.82, 2.24) is 9.97 Å². The van der Waals surface area contributed by atoms with Gasteiger partial charge in [0.25, 0.3) is 0 Å². The zero-order chi connectivity index (χ0) is 21.3. The van der Waals surface area contributed by atoms with Crippen LogP contribution in [0.5, 0.6) is 5.75 Å². The number of anilines is 1. The highest BCUT2D eigenvalue weighted by Crippen LogP contribution is 2.37. The molecule has 0 aliphatic carbocycles. The number of thiazole rings is 1. The number of nitrogen functional groups attached to an aromatic ring is 1. The third-order valence-corrected chi connectivity index (χ3v) is 5.78. The molecule has 0 saturated carbocycles. The first-order valence-electron chi connectivity index (χ1n) is 9.48. The molecule has 2 bridgehead atoms. The summed E-state index contributed by atoms with van der Waals surface area (Å²) in [7, 11) is 0. The molecular formula is C21H21FN6OS. The minimum atomic E-state index is -0.473. The van der Waals surface area contributed by atoms with Crippen molar-refractivity contribution in [1.29, 1.82) is 0 Å². The van der Waals surface area contributed by atoms with E-state index in [0.717, 1.165) is 16.1 Å². The molecule has 154 valence electrons. The number of aromatic nitrogens is 2. The summed E-state index contributed by atoms with van der Waals surface area (Å²) in [5.74, 6) is 6.04. The number of halogens is 1. The first-order chi connectivity index (χ1) is 14.5. The highest BCUT2D eigenvalue weighted by atomic mass is 32.1. The number of pyridine rings is 1. The summed E-state index contributed by atoms with van der Waals surface area (Å²) < 4.78 is 20.3. The SMILES string of the molecule is CCN=C1C(=NN)Cc2ncsc2-c2ccc(F)cc2[C@@H](C)Oc2cc1cnc2N.